The van der Waals surface area contributed by atoms with Gasteiger partial charge in [0.2, 0.25) is 0 Å². The maximum atomic E-state index is 13.3. The number of benzene rings is 2. The zero-order chi connectivity index (χ0) is 14.0. The third kappa shape index (κ3) is 2.68. The third-order valence-electron chi connectivity index (χ3n) is 2.78. The van der Waals surface area contributed by atoms with Gasteiger partial charge in [0.25, 0.3) is 0 Å². The van der Waals surface area contributed by atoms with Crippen LogP contribution in [0.2, 0.25) is 5.02 Å². The Morgan fingerprint density at radius 2 is 1.89 bits per heavy atom. The predicted molar refractivity (Wildman–Crippen MR) is 70.3 cm³/mol. The lowest BCUT2D eigenvalue weighted by Crippen LogP contribution is -2.12. The first-order chi connectivity index (χ1) is 9.02. The minimum absolute atomic E-state index is 0.0262. The second-order valence-electron chi connectivity index (χ2n) is 4.04. The fourth-order valence-electron chi connectivity index (χ4n) is 1.77. The van der Waals surface area contributed by atoms with Crippen LogP contribution >= 0.6 is 11.6 Å². The molecule has 0 radical (unpaired) electrons. The van der Waals surface area contributed by atoms with Crippen molar-refractivity contribution in [3.8, 4) is 11.8 Å². The number of rotatable bonds is 2. The van der Waals surface area contributed by atoms with Crippen molar-refractivity contribution in [1.29, 1.82) is 5.26 Å². The monoisotopic (exact) mass is 276 g/mol. The van der Waals surface area contributed by atoms with E-state index in [0.717, 1.165) is 6.07 Å². The van der Waals surface area contributed by atoms with Crippen LogP contribution in [0.15, 0.2) is 36.4 Å². The van der Waals surface area contributed by atoms with Crippen LogP contribution in [0.1, 0.15) is 22.7 Å². The van der Waals surface area contributed by atoms with E-state index in [9.17, 15) is 9.50 Å². The van der Waals surface area contributed by atoms with Crippen LogP contribution < -0.4 is 5.73 Å². The number of phenols is 1. The molecule has 19 heavy (non-hydrogen) atoms. The zero-order valence-corrected chi connectivity index (χ0v) is 10.5. The van der Waals surface area contributed by atoms with Gasteiger partial charge < -0.3 is 10.8 Å². The molecule has 0 amide bonds. The fraction of sp³-hybridized carbons (Fsp3) is 0.0714. The van der Waals surface area contributed by atoms with Crippen molar-refractivity contribution >= 4 is 11.6 Å². The first-order valence-corrected chi connectivity index (χ1v) is 5.84. The van der Waals surface area contributed by atoms with Gasteiger partial charge in [0, 0.05) is 6.07 Å². The number of nitrogens with two attached hydrogens (primary N) is 1. The molecule has 0 spiro atoms. The molecule has 0 saturated heterocycles. The van der Waals surface area contributed by atoms with Gasteiger partial charge in [-0.25, -0.2) is 4.39 Å². The van der Waals surface area contributed by atoms with E-state index in [1.165, 1.54) is 6.07 Å². The second kappa shape index (κ2) is 5.27. The maximum absolute atomic E-state index is 13.3. The van der Waals surface area contributed by atoms with E-state index in [4.69, 9.17) is 22.6 Å². The minimum Gasteiger partial charge on any atom is -0.506 e. The Balaban J connectivity index is 2.43. The van der Waals surface area contributed by atoms with E-state index < -0.39 is 11.9 Å². The van der Waals surface area contributed by atoms with Crippen LogP contribution in [0.5, 0.6) is 5.75 Å². The average Bonchev–Trinajstić information content (AvgIpc) is 2.42. The van der Waals surface area contributed by atoms with Gasteiger partial charge in [0.05, 0.1) is 22.7 Å². The lowest BCUT2D eigenvalue weighted by atomic mass is 9.98. The Bertz CT molecular complexity index is 650. The number of nitriles is 1. The molecule has 0 heterocycles. The smallest absolute Gasteiger partial charge is 0.137 e. The number of phenolic OH excluding ortho intramolecular Hbond substituents is 1. The molecule has 0 bridgehead atoms. The van der Waals surface area contributed by atoms with Gasteiger partial charge in [0.15, 0.2) is 0 Å². The predicted octanol–water partition coefficient (Wildman–Crippen LogP) is 3.10. The first kappa shape index (κ1) is 13.3. The zero-order valence-electron chi connectivity index (χ0n) is 9.77. The molecule has 96 valence electrons. The molecule has 3 nitrogen and oxygen atoms in total. The number of halogens is 2. The normalized spacial score (nSPS) is 11.9. The van der Waals surface area contributed by atoms with Gasteiger partial charge in [-0.3, -0.25) is 0 Å². The summed E-state index contributed by atoms with van der Waals surface area (Å²) in [5.41, 5.74) is 7.47. The van der Waals surface area contributed by atoms with Crippen molar-refractivity contribution in [3.05, 3.63) is 63.9 Å². The molecule has 3 N–H and O–H groups in total. The van der Waals surface area contributed by atoms with Crippen LogP contribution in [-0.4, -0.2) is 5.11 Å². The van der Waals surface area contributed by atoms with Gasteiger partial charge in [-0.05, 0) is 29.3 Å². The van der Waals surface area contributed by atoms with Crippen molar-refractivity contribution < 1.29 is 9.50 Å². The molecule has 0 fully saturated rings. The van der Waals surface area contributed by atoms with E-state index in [2.05, 4.69) is 0 Å². The first-order valence-electron chi connectivity index (χ1n) is 5.46. The average molecular weight is 277 g/mol. The third-order valence-corrected chi connectivity index (χ3v) is 3.19. The lowest BCUT2D eigenvalue weighted by Gasteiger charge is -2.15. The molecule has 0 aromatic heterocycles. The molecule has 2 aromatic carbocycles. The van der Waals surface area contributed by atoms with E-state index in [0.29, 0.717) is 16.7 Å². The highest BCUT2D eigenvalue weighted by Gasteiger charge is 2.16. The Kier molecular flexibility index (Phi) is 3.70. The molecule has 1 atom stereocenters. The summed E-state index contributed by atoms with van der Waals surface area (Å²) < 4.78 is 13.3. The number of nitrogens with zero attached hydrogens (tertiary/aromatic N) is 1. The van der Waals surface area contributed by atoms with E-state index in [-0.39, 0.29) is 10.8 Å². The molecule has 0 aliphatic heterocycles. The summed E-state index contributed by atoms with van der Waals surface area (Å²) in [5, 5.41) is 18.2. The van der Waals surface area contributed by atoms with Gasteiger partial charge >= 0.3 is 0 Å². The fourth-order valence-corrected chi connectivity index (χ4v) is 1.99. The summed E-state index contributed by atoms with van der Waals surface area (Å²) >= 11 is 5.92. The van der Waals surface area contributed by atoms with Crippen molar-refractivity contribution in [2.24, 2.45) is 5.73 Å². The van der Waals surface area contributed by atoms with Gasteiger partial charge in [0.1, 0.15) is 11.6 Å². The van der Waals surface area contributed by atoms with Crippen LogP contribution in [0.4, 0.5) is 4.39 Å². The van der Waals surface area contributed by atoms with E-state index >= 15 is 0 Å². The van der Waals surface area contributed by atoms with Crippen molar-refractivity contribution in [2.45, 2.75) is 6.04 Å². The van der Waals surface area contributed by atoms with Gasteiger partial charge in [-0.1, -0.05) is 23.7 Å². The second-order valence-corrected chi connectivity index (χ2v) is 4.42. The molecule has 0 aliphatic rings. The summed E-state index contributed by atoms with van der Waals surface area (Å²) in [4.78, 5) is 0. The topological polar surface area (TPSA) is 70.0 Å². The quantitative estimate of drug-likeness (QED) is 0.885. The maximum Gasteiger partial charge on any atom is 0.137 e. The summed E-state index contributed by atoms with van der Waals surface area (Å²) in [6.45, 7) is 0. The van der Waals surface area contributed by atoms with Crippen LogP contribution in [0.25, 0.3) is 0 Å². The van der Waals surface area contributed by atoms with Crippen molar-refractivity contribution in [3.63, 3.8) is 0 Å². The van der Waals surface area contributed by atoms with E-state index in [1.807, 2.05) is 6.07 Å². The Morgan fingerprint density at radius 3 is 2.47 bits per heavy atom. The van der Waals surface area contributed by atoms with Crippen LogP contribution in [0, 0.1) is 17.1 Å². The molecule has 2 rings (SSSR count). The number of hydrogen-bond donors (Lipinski definition) is 2. The molecule has 0 saturated carbocycles. The minimum atomic E-state index is -0.679. The standard InChI is InChI=1S/C14H10ClFN2O/c15-13-11(5-10(16)6-12(13)19)14(18)9-3-1-8(7-17)2-4-9/h1-6,14,19H,18H2. The van der Waals surface area contributed by atoms with Crippen LogP contribution in [-0.2, 0) is 0 Å². The number of aromatic hydroxyl groups is 1. The van der Waals surface area contributed by atoms with Crippen molar-refractivity contribution in [2.75, 3.05) is 0 Å². The van der Waals surface area contributed by atoms with Gasteiger partial charge in [-0.15, -0.1) is 0 Å². The summed E-state index contributed by atoms with van der Waals surface area (Å²) in [7, 11) is 0. The summed E-state index contributed by atoms with van der Waals surface area (Å²) in [5.74, 6) is -0.957. The largest absolute Gasteiger partial charge is 0.506 e. The molecule has 2 aromatic rings. The Labute approximate surface area is 114 Å². The molecule has 1 unspecified atom stereocenters. The highest BCUT2D eigenvalue weighted by atomic mass is 35.5. The SMILES string of the molecule is N#Cc1ccc(C(N)c2cc(F)cc(O)c2Cl)cc1. The summed E-state index contributed by atoms with van der Waals surface area (Å²) in [6.07, 6.45) is 0. The summed E-state index contributed by atoms with van der Waals surface area (Å²) in [6, 6.07) is 9.99. The molecule has 0 aliphatic carbocycles. The Hall–Kier alpha value is -2.09. The number of hydrogen-bond acceptors (Lipinski definition) is 3. The van der Waals surface area contributed by atoms with Crippen LogP contribution in [0.3, 0.4) is 0 Å². The molecule has 5 heteroatoms. The van der Waals surface area contributed by atoms with E-state index in [1.54, 1.807) is 24.3 Å². The van der Waals surface area contributed by atoms with Gasteiger partial charge in [-0.2, -0.15) is 5.26 Å². The highest BCUT2D eigenvalue weighted by molar-refractivity contribution is 6.32. The highest BCUT2D eigenvalue weighted by Crippen LogP contribution is 2.34. The molecular formula is C14H10ClFN2O. The lowest BCUT2D eigenvalue weighted by molar-refractivity contribution is 0.468. The molecular weight excluding hydrogens is 267 g/mol. The Morgan fingerprint density at radius 1 is 1.26 bits per heavy atom. The van der Waals surface area contributed by atoms with Crippen molar-refractivity contribution in [1.82, 2.24) is 0 Å².